The van der Waals surface area contributed by atoms with E-state index in [1.54, 1.807) is 13.8 Å². The number of carbonyl (C=O) groups excluding carboxylic acids is 1. The van der Waals surface area contributed by atoms with Crippen molar-refractivity contribution in [2.45, 2.75) is 20.0 Å². The lowest BCUT2D eigenvalue weighted by atomic mass is 10.2. The van der Waals surface area contributed by atoms with Crippen molar-refractivity contribution in [3.8, 4) is 5.69 Å². The monoisotopic (exact) mass is 302 g/mol. The number of hydrogen-bond acceptors (Lipinski definition) is 2. The van der Waals surface area contributed by atoms with Gasteiger partial charge in [-0.15, -0.1) is 0 Å². The van der Waals surface area contributed by atoms with E-state index in [1.807, 2.05) is 0 Å². The van der Waals surface area contributed by atoms with Crippen LogP contribution in [0.1, 0.15) is 27.3 Å². The zero-order valence-electron chi connectivity index (χ0n) is 10.6. The average molecular weight is 303 g/mol. The van der Waals surface area contributed by atoms with Gasteiger partial charge in [-0.3, -0.25) is 4.79 Å². The second-order valence-electron chi connectivity index (χ2n) is 4.28. The van der Waals surface area contributed by atoms with Crippen molar-refractivity contribution in [2.75, 3.05) is 0 Å². The van der Waals surface area contributed by atoms with Crippen LogP contribution in [0, 0.1) is 13.8 Å². The molecule has 3 nitrogen and oxygen atoms in total. The number of hydrogen-bond donors (Lipinski definition) is 0. The first-order valence-electron chi connectivity index (χ1n) is 5.64. The zero-order chi connectivity index (χ0) is 15.1. The van der Waals surface area contributed by atoms with Gasteiger partial charge in [-0.1, -0.05) is 11.6 Å². The molecular weight excluding hydrogens is 293 g/mol. The molecule has 1 aromatic heterocycles. The number of carbonyl (C=O) groups is 1. The summed E-state index contributed by atoms with van der Waals surface area (Å²) in [5, 5.41) is 4.19. The van der Waals surface area contributed by atoms with Crippen molar-refractivity contribution in [3.63, 3.8) is 0 Å². The predicted molar refractivity (Wildman–Crippen MR) is 68.4 cm³/mol. The maximum Gasteiger partial charge on any atom is 0.416 e. The number of aromatic nitrogens is 2. The Hall–Kier alpha value is -1.82. The van der Waals surface area contributed by atoms with Gasteiger partial charge in [-0.05, 0) is 32.0 Å². The molecule has 20 heavy (non-hydrogen) atoms. The molecule has 0 bridgehead atoms. The lowest BCUT2D eigenvalue weighted by Crippen LogP contribution is -2.08. The van der Waals surface area contributed by atoms with Crippen LogP contribution >= 0.6 is 11.6 Å². The van der Waals surface area contributed by atoms with E-state index in [0.717, 1.165) is 18.2 Å². The molecule has 0 amide bonds. The molecule has 0 unspecified atom stereocenters. The van der Waals surface area contributed by atoms with E-state index >= 15 is 0 Å². The van der Waals surface area contributed by atoms with Gasteiger partial charge in [0.15, 0.2) is 6.29 Å². The number of aldehydes is 1. The summed E-state index contributed by atoms with van der Waals surface area (Å²) in [5.41, 5.74) is 0.496. The largest absolute Gasteiger partial charge is 0.416 e. The summed E-state index contributed by atoms with van der Waals surface area (Å²) in [4.78, 5) is 10.9. The third-order valence-corrected chi connectivity index (χ3v) is 3.29. The van der Waals surface area contributed by atoms with Crippen molar-refractivity contribution < 1.29 is 18.0 Å². The van der Waals surface area contributed by atoms with E-state index in [9.17, 15) is 18.0 Å². The van der Waals surface area contributed by atoms with E-state index in [0.29, 0.717) is 23.2 Å². The van der Waals surface area contributed by atoms with E-state index in [1.165, 1.54) is 4.68 Å². The highest BCUT2D eigenvalue weighted by atomic mass is 35.5. The third-order valence-electron chi connectivity index (χ3n) is 2.97. The Balaban J connectivity index is 2.67. The Kier molecular flexibility index (Phi) is 3.60. The highest BCUT2D eigenvalue weighted by Crippen LogP contribution is 2.33. The van der Waals surface area contributed by atoms with Crippen LogP contribution in [0.5, 0.6) is 0 Å². The minimum atomic E-state index is -4.47. The second kappa shape index (κ2) is 4.94. The standard InChI is InChI=1S/C13H10ClF3N2O/c1-7-10(6-20)8(2)19(18-7)12-5-9(13(15,16)17)3-4-11(12)14/h3-6H,1-2H3. The molecule has 0 fully saturated rings. The van der Waals surface area contributed by atoms with Gasteiger partial charge in [0.25, 0.3) is 0 Å². The molecule has 0 saturated carbocycles. The Bertz CT molecular complexity index is 677. The van der Waals surface area contributed by atoms with Crippen LogP contribution in [-0.2, 0) is 6.18 Å². The van der Waals surface area contributed by atoms with Crippen molar-refractivity contribution in [2.24, 2.45) is 0 Å². The molecule has 1 heterocycles. The minimum Gasteiger partial charge on any atom is -0.298 e. The molecule has 0 saturated heterocycles. The van der Waals surface area contributed by atoms with Gasteiger partial charge in [0, 0.05) is 0 Å². The van der Waals surface area contributed by atoms with E-state index in [2.05, 4.69) is 5.10 Å². The number of nitrogens with zero attached hydrogens (tertiary/aromatic N) is 2. The maximum atomic E-state index is 12.7. The van der Waals surface area contributed by atoms with Crippen LogP contribution in [0.15, 0.2) is 18.2 Å². The fraction of sp³-hybridized carbons (Fsp3) is 0.231. The van der Waals surface area contributed by atoms with Crippen LogP contribution in [0.3, 0.4) is 0 Å². The molecule has 106 valence electrons. The summed E-state index contributed by atoms with van der Waals surface area (Å²) in [7, 11) is 0. The van der Waals surface area contributed by atoms with E-state index < -0.39 is 11.7 Å². The molecule has 2 aromatic rings. The molecule has 0 N–H and O–H groups in total. The molecule has 0 spiro atoms. The van der Waals surface area contributed by atoms with Crippen molar-refractivity contribution >= 4 is 17.9 Å². The highest BCUT2D eigenvalue weighted by Gasteiger charge is 2.31. The molecule has 0 aliphatic carbocycles. The maximum absolute atomic E-state index is 12.7. The first-order chi connectivity index (χ1) is 9.25. The molecule has 0 aliphatic rings. The SMILES string of the molecule is Cc1nn(-c2cc(C(F)(F)F)ccc2Cl)c(C)c1C=O. The molecule has 2 rings (SSSR count). The Labute approximate surface area is 118 Å². The second-order valence-corrected chi connectivity index (χ2v) is 4.69. The molecule has 0 radical (unpaired) electrons. The Morgan fingerprint density at radius 1 is 1.30 bits per heavy atom. The van der Waals surface area contributed by atoms with E-state index in [-0.39, 0.29) is 10.7 Å². The average Bonchev–Trinajstić information content (AvgIpc) is 2.63. The highest BCUT2D eigenvalue weighted by molar-refractivity contribution is 6.32. The number of aryl methyl sites for hydroxylation is 1. The van der Waals surface area contributed by atoms with Gasteiger partial charge >= 0.3 is 6.18 Å². The Morgan fingerprint density at radius 2 is 1.95 bits per heavy atom. The van der Waals surface area contributed by atoms with Gasteiger partial charge < -0.3 is 0 Å². The number of halogens is 4. The molecule has 0 atom stereocenters. The topological polar surface area (TPSA) is 34.9 Å². The quantitative estimate of drug-likeness (QED) is 0.787. The molecular formula is C13H10ClF3N2O. The summed E-state index contributed by atoms with van der Waals surface area (Å²) in [6, 6.07) is 2.98. The first kappa shape index (κ1) is 14.6. The summed E-state index contributed by atoms with van der Waals surface area (Å²) in [6.45, 7) is 3.20. The summed E-state index contributed by atoms with van der Waals surface area (Å²) in [5.74, 6) is 0. The van der Waals surface area contributed by atoms with Crippen LogP contribution in [0.2, 0.25) is 5.02 Å². The number of rotatable bonds is 2. The fourth-order valence-electron chi connectivity index (χ4n) is 1.91. The van der Waals surface area contributed by atoms with Gasteiger partial charge in [-0.2, -0.15) is 18.3 Å². The van der Waals surface area contributed by atoms with Gasteiger partial charge in [0.2, 0.25) is 0 Å². The molecule has 7 heteroatoms. The van der Waals surface area contributed by atoms with Gasteiger partial charge in [-0.25, -0.2) is 4.68 Å². The van der Waals surface area contributed by atoms with E-state index in [4.69, 9.17) is 11.6 Å². The van der Waals surface area contributed by atoms with Gasteiger partial charge in [0.05, 0.1) is 33.2 Å². The van der Waals surface area contributed by atoms with Gasteiger partial charge in [0.1, 0.15) is 0 Å². The van der Waals surface area contributed by atoms with Crippen LogP contribution < -0.4 is 0 Å². The lowest BCUT2D eigenvalue weighted by Gasteiger charge is -2.11. The van der Waals surface area contributed by atoms with Crippen molar-refractivity contribution in [1.29, 1.82) is 0 Å². The normalized spacial score (nSPS) is 11.7. The third kappa shape index (κ3) is 2.43. The lowest BCUT2D eigenvalue weighted by molar-refractivity contribution is -0.137. The number of alkyl halides is 3. The van der Waals surface area contributed by atoms with Crippen molar-refractivity contribution in [3.05, 3.63) is 45.7 Å². The predicted octanol–water partition coefficient (Wildman–Crippen LogP) is 3.97. The summed E-state index contributed by atoms with van der Waals surface area (Å²) < 4.78 is 39.5. The molecule has 1 aromatic carbocycles. The minimum absolute atomic E-state index is 0.0928. The van der Waals surface area contributed by atoms with Crippen LogP contribution in [0.25, 0.3) is 5.69 Å². The first-order valence-corrected chi connectivity index (χ1v) is 6.02. The van der Waals surface area contributed by atoms with Crippen LogP contribution in [-0.4, -0.2) is 16.1 Å². The Morgan fingerprint density at radius 3 is 2.45 bits per heavy atom. The smallest absolute Gasteiger partial charge is 0.298 e. The number of benzene rings is 1. The van der Waals surface area contributed by atoms with Crippen molar-refractivity contribution in [1.82, 2.24) is 9.78 Å². The summed E-state index contributed by atoms with van der Waals surface area (Å²) in [6.07, 6.45) is -3.85. The van der Waals surface area contributed by atoms with Crippen LogP contribution in [0.4, 0.5) is 13.2 Å². The fourth-order valence-corrected chi connectivity index (χ4v) is 2.11. The summed E-state index contributed by atoms with van der Waals surface area (Å²) >= 11 is 5.94. The zero-order valence-corrected chi connectivity index (χ0v) is 11.4. The molecule has 0 aliphatic heterocycles.